The summed E-state index contributed by atoms with van der Waals surface area (Å²) in [6.07, 6.45) is 3.69. The molecule has 118 valence electrons. The summed E-state index contributed by atoms with van der Waals surface area (Å²) < 4.78 is 11.7. The minimum absolute atomic E-state index is 0.0478. The van der Waals surface area contributed by atoms with Crippen molar-refractivity contribution in [1.29, 1.82) is 0 Å². The first-order valence-corrected chi connectivity index (χ1v) is 8.50. The molecule has 0 spiro atoms. The maximum Gasteiger partial charge on any atom is 0.482 e. The zero-order chi connectivity index (χ0) is 15.4. The molecule has 3 nitrogen and oxygen atoms in total. The van der Waals surface area contributed by atoms with E-state index in [4.69, 9.17) is 9.39 Å². The number of benzene rings is 1. The van der Waals surface area contributed by atoms with Crippen molar-refractivity contribution in [2.75, 3.05) is 6.51 Å². The van der Waals surface area contributed by atoms with Gasteiger partial charge < -0.3 is 14.4 Å². The average molecular weight is 300 g/mol. The van der Waals surface area contributed by atoms with Gasteiger partial charge in [-0.15, -0.1) is 0 Å². The van der Waals surface area contributed by atoms with E-state index in [9.17, 15) is 5.02 Å². The molecule has 0 aromatic heterocycles. The molecule has 0 aliphatic heterocycles. The van der Waals surface area contributed by atoms with Crippen molar-refractivity contribution in [3.63, 3.8) is 0 Å². The van der Waals surface area contributed by atoms with E-state index in [0.717, 1.165) is 17.9 Å². The smallest absolute Gasteiger partial charge is 0.425 e. The lowest BCUT2D eigenvalue weighted by Gasteiger charge is -2.60. The van der Waals surface area contributed by atoms with Crippen molar-refractivity contribution in [2.24, 2.45) is 23.2 Å². The normalized spacial score (nSPS) is 37.1. The Labute approximate surface area is 133 Å². The Hall–Kier alpha value is -0.835. The molecular formula is C18H25BO3. The lowest BCUT2D eigenvalue weighted by molar-refractivity contribution is -0.147. The van der Waals surface area contributed by atoms with Crippen LogP contribution in [0.25, 0.3) is 0 Å². The van der Waals surface area contributed by atoms with Crippen LogP contribution in [0.3, 0.4) is 0 Å². The number of rotatable bonds is 6. The highest BCUT2D eigenvalue weighted by molar-refractivity contribution is 6.42. The third kappa shape index (κ3) is 2.24. The quantitative estimate of drug-likeness (QED) is 0.821. The fraction of sp³-hybridized carbons (Fsp3) is 0.667. The molecule has 2 bridgehead atoms. The molecule has 4 aliphatic carbocycles. The molecular weight excluding hydrogens is 275 g/mol. The second kappa shape index (κ2) is 5.08. The van der Waals surface area contributed by atoms with E-state index in [1.54, 1.807) is 0 Å². The first-order valence-electron chi connectivity index (χ1n) is 8.50. The Morgan fingerprint density at radius 2 is 1.95 bits per heavy atom. The summed E-state index contributed by atoms with van der Waals surface area (Å²) in [5.41, 5.74) is 1.46. The van der Waals surface area contributed by atoms with Crippen molar-refractivity contribution in [3.05, 3.63) is 35.9 Å². The first-order chi connectivity index (χ1) is 10.5. The van der Waals surface area contributed by atoms with E-state index in [0.29, 0.717) is 23.9 Å². The molecule has 1 N–H and O–H groups in total. The molecule has 0 radical (unpaired) electrons. The number of hydrogen-bond acceptors (Lipinski definition) is 3. The maximum atomic E-state index is 10.2. The monoisotopic (exact) mass is 300 g/mol. The van der Waals surface area contributed by atoms with Crippen LogP contribution in [0.1, 0.15) is 38.7 Å². The topological polar surface area (TPSA) is 38.7 Å². The van der Waals surface area contributed by atoms with Crippen LogP contribution in [0.4, 0.5) is 0 Å². The Morgan fingerprint density at radius 1 is 1.18 bits per heavy atom. The van der Waals surface area contributed by atoms with Gasteiger partial charge in [-0.1, -0.05) is 44.2 Å². The van der Waals surface area contributed by atoms with E-state index >= 15 is 0 Å². The van der Waals surface area contributed by atoms with Gasteiger partial charge in [0.15, 0.2) is 0 Å². The Kier molecular flexibility index (Phi) is 3.41. The predicted molar refractivity (Wildman–Crippen MR) is 86.0 cm³/mol. The zero-order valence-electron chi connectivity index (χ0n) is 13.5. The Balaban J connectivity index is 1.29. The van der Waals surface area contributed by atoms with Gasteiger partial charge in [0.2, 0.25) is 0 Å². The van der Waals surface area contributed by atoms with Gasteiger partial charge in [-0.05, 0) is 48.0 Å². The van der Waals surface area contributed by atoms with Crippen LogP contribution in [0, 0.1) is 23.2 Å². The molecule has 4 atom stereocenters. The Morgan fingerprint density at radius 3 is 2.68 bits per heavy atom. The third-order valence-electron chi connectivity index (χ3n) is 6.45. The molecule has 4 aliphatic rings. The minimum atomic E-state index is -0.804. The molecule has 4 saturated carbocycles. The van der Waals surface area contributed by atoms with Gasteiger partial charge >= 0.3 is 7.12 Å². The van der Waals surface area contributed by atoms with Crippen molar-refractivity contribution < 1.29 is 14.4 Å². The van der Waals surface area contributed by atoms with E-state index < -0.39 is 7.12 Å². The second-order valence-electron chi connectivity index (χ2n) is 7.97. The molecule has 22 heavy (non-hydrogen) atoms. The molecule has 0 amide bonds. The van der Waals surface area contributed by atoms with Crippen LogP contribution in [0.2, 0.25) is 0 Å². The van der Waals surface area contributed by atoms with E-state index in [1.165, 1.54) is 12.8 Å². The summed E-state index contributed by atoms with van der Waals surface area (Å²) in [7, 11) is -0.804. The van der Waals surface area contributed by atoms with Crippen molar-refractivity contribution in [2.45, 2.75) is 45.3 Å². The standard InChI is InChI=1S/C18H25BO3/c1-17(2)14-8-15-10-18(15,16(17)9-14)22-19(20)12-21-11-13-6-4-3-5-7-13/h3-7,14-16,20H,8-12H2,1-2H3/t14?,15?,16?,18-/m1/s1. The summed E-state index contributed by atoms with van der Waals surface area (Å²) in [5, 5.41) is 10.2. The van der Waals surface area contributed by atoms with Gasteiger partial charge in [0.05, 0.1) is 18.7 Å². The van der Waals surface area contributed by atoms with E-state index in [2.05, 4.69) is 13.8 Å². The average Bonchev–Trinajstić information content (AvgIpc) is 3.21. The van der Waals surface area contributed by atoms with E-state index in [-0.39, 0.29) is 12.1 Å². The maximum absolute atomic E-state index is 10.2. The van der Waals surface area contributed by atoms with Gasteiger partial charge in [0, 0.05) is 0 Å². The van der Waals surface area contributed by atoms with Gasteiger partial charge in [-0.25, -0.2) is 0 Å². The molecule has 4 fully saturated rings. The highest BCUT2D eigenvalue weighted by Crippen LogP contribution is 2.74. The molecule has 5 rings (SSSR count). The van der Waals surface area contributed by atoms with Gasteiger partial charge in [-0.2, -0.15) is 0 Å². The lowest BCUT2D eigenvalue weighted by Crippen LogP contribution is -2.58. The SMILES string of the molecule is CC1(C)C2CC3C[C@]3(OB(O)COCc3ccccc3)C1C2. The van der Waals surface area contributed by atoms with E-state index in [1.807, 2.05) is 30.3 Å². The summed E-state index contributed by atoms with van der Waals surface area (Å²) in [6.45, 7) is 5.50. The highest BCUT2D eigenvalue weighted by atomic mass is 16.6. The molecule has 3 unspecified atom stereocenters. The number of hydrogen-bond donors (Lipinski definition) is 1. The summed E-state index contributed by atoms with van der Waals surface area (Å²) >= 11 is 0. The van der Waals surface area contributed by atoms with Gasteiger partial charge in [-0.3, -0.25) is 0 Å². The van der Waals surface area contributed by atoms with Crippen molar-refractivity contribution in [1.82, 2.24) is 0 Å². The molecule has 1 aromatic carbocycles. The fourth-order valence-electron chi connectivity index (χ4n) is 4.99. The number of ether oxygens (including phenoxy) is 1. The Bertz CT molecular complexity index is 547. The molecule has 0 heterocycles. The van der Waals surface area contributed by atoms with Crippen LogP contribution in [0.5, 0.6) is 0 Å². The van der Waals surface area contributed by atoms with Gasteiger partial charge in [0.25, 0.3) is 0 Å². The highest BCUT2D eigenvalue weighted by Gasteiger charge is 2.74. The fourth-order valence-corrected chi connectivity index (χ4v) is 4.99. The minimum Gasteiger partial charge on any atom is -0.425 e. The molecule has 0 saturated heterocycles. The predicted octanol–water partition coefficient (Wildman–Crippen LogP) is 3.06. The van der Waals surface area contributed by atoms with Crippen LogP contribution in [-0.4, -0.2) is 24.2 Å². The second-order valence-corrected chi connectivity index (χ2v) is 7.97. The van der Waals surface area contributed by atoms with Crippen LogP contribution >= 0.6 is 0 Å². The largest absolute Gasteiger partial charge is 0.482 e. The first kappa shape index (κ1) is 14.7. The molecule has 4 heteroatoms. The molecule has 1 aromatic rings. The summed E-state index contributed by atoms with van der Waals surface area (Å²) in [6, 6.07) is 10.0. The van der Waals surface area contributed by atoms with Gasteiger partial charge in [0.1, 0.15) is 0 Å². The van der Waals surface area contributed by atoms with Crippen molar-refractivity contribution >= 4 is 7.12 Å². The van der Waals surface area contributed by atoms with Crippen molar-refractivity contribution in [3.8, 4) is 0 Å². The van der Waals surface area contributed by atoms with Crippen LogP contribution in [0.15, 0.2) is 30.3 Å². The van der Waals surface area contributed by atoms with Crippen LogP contribution < -0.4 is 0 Å². The summed E-state index contributed by atoms with van der Waals surface area (Å²) in [5.74, 6) is 2.16. The summed E-state index contributed by atoms with van der Waals surface area (Å²) in [4.78, 5) is 0. The third-order valence-corrected chi connectivity index (χ3v) is 6.45. The lowest BCUT2D eigenvalue weighted by atomic mass is 9.47. The van der Waals surface area contributed by atoms with Crippen LogP contribution in [-0.2, 0) is 16.0 Å². The zero-order valence-corrected chi connectivity index (χ0v) is 13.5.